The van der Waals surface area contributed by atoms with Gasteiger partial charge in [-0.05, 0) is 18.6 Å². The largest absolute Gasteiger partial charge is 0.479 e. The van der Waals surface area contributed by atoms with Crippen LogP contribution in [0.1, 0.15) is 23.4 Å². The van der Waals surface area contributed by atoms with Crippen LogP contribution in [-0.4, -0.2) is 49.2 Å². The van der Waals surface area contributed by atoms with Gasteiger partial charge in [0.15, 0.2) is 11.9 Å². The summed E-state index contributed by atoms with van der Waals surface area (Å²) >= 11 is 0. The van der Waals surface area contributed by atoms with Crippen molar-refractivity contribution in [2.75, 3.05) is 20.2 Å². The molecule has 21 heavy (non-hydrogen) atoms. The Balaban J connectivity index is 2.13. The predicted octanol–water partition coefficient (Wildman–Crippen LogP) is 0.00540. The van der Waals surface area contributed by atoms with Crippen LogP contribution >= 0.6 is 0 Å². The second kappa shape index (κ2) is 8.75. The van der Waals surface area contributed by atoms with Crippen molar-refractivity contribution in [3.8, 4) is 0 Å². The van der Waals surface area contributed by atoms with Crippen LogP contribution in [0.4, 0.5) is 0 Å². The standard InChI is InChI=1S/C13H18N2O6/c1-20-10(13(18)19)8-15-11(16)5-2-6-14-12(17)9-4-3-7-21-9/h3-4,7,10H,2,5-6,8H2,1H3,(H,14,17)(H,15,16)(H,18,19). The fourth-order valence-electron chi connectivity index (χ4n) is 1.51. The number of ether oxygens (including phenoxy) is 1. The smallest absolute Gasteiger partial charge is 0.334 e. The van der Waals surface area contributed by atoms with Crippen LogP contribution in [0.15, 0.2) is 22.8 Å². The van der Waals surface area contributed by atoms with Crippen LogP contribution in [0.25, 0.3) is 0 Å². The van der Waals surface area contributed by atoms with Crippen molar-refractivity contribution in [2.24, 2.45) is 0 Å². The number of aliphatic carboxylic acids is 1. The van der Waals surface area contributed by atoms with Crippen molar-refractivity contribution in [1.29, 1.82) is 0 Å². The van der Waals surface area contributed by atoms with Gasteiger partial charge in [0.1, 0.15) is 0 Å². The van der Waals surface area contributed by atoms with E-state index < -0.39 is 12.1 Å². The molecular weight excluding hydrogens is 280 g/mol. The highest BCUT2D eigenvalue weighted by Gasteiger charge is 2.16. The molecule has 0 aromatic carbocycles. The Morgan fingerprint density at radius 1 is 1.38 bits per heavy atom. The van der Waals surface area contributed by atoms with Gasteiger partial charge in [0.05, 0.1) is 12.8 Å². The number of furan rings is 1. The first-order valence-electron chi connectivity index (χ1n) is 6.38. The van der Waals surface area contributed by atoms with Crippen molar-refractivity contribution in [1.82, 2.24) is 10.6 Å². The lowest BCUT2D eigenvalue weighted by atomic mass is 10.2. The molecule has 3 N–H and O–H groups in total. The lowest BCUT2D eigenvalue weighted by Crippen LogP contribution is -2.38. The van der Waals surface area contributed by atoms with Crippen molar-refractivity contribution in [3.63, 3.8) is 0 Å². The van der Waals surface area contributed by atoms with Gasteiger partial charge in [-0.3, -0.25) is 9.59 Å². The minimum absolute atomic E-state index is 0.0938. The Bertz CT molecular complexity index is 471. The van der Waals surface area contributed by atoms with Crippen LogP contribution in [0.2, 0.25) is 0 Å². The second-order valence-corrected chi connectivity index (χ2v) is 4.20. The van der Waals surface area contributed by atoms with E-state index in [-0.39, 0.29) is 30.5 Å². The lowest BCUT2D eigenvalue weighted by Gasteiger charge is -2.11. The maximum Gasteiger partial charge on any atom is 0.334 e. The van der Waals surface area contributed by atoms with Gasteiger partial charge in [0.2, 0.25) is 5.91 Å². The van der Waals surface area contributed by atoms with E-state index in [2.05, 4.69) is 15.4 Å². The molecule has 1 aromatic rings. The van der Waals surface area contributed by atoms with Crippen LogP contribution in [0, 0.1) is 0 Å². The Labute approximate surface area is 121 Å². The van der Waals surface area contributed by atoms with E-state index >= 15 is 0 Å². The number of carbonyl (C=O) groups excluding carboxylic acids is 2. The molecule has 0 saturated heterocycles. The molecule has 0 saturated carbocycles. The fraction of sp³-hybridized carbons (Fsp3) is 0.462. The number of carbonyl (C=O) groups is 3. The first-order valence-corrected chi connectivity index (χ1v) is 6.38. The summed E-state index contributed by atoms with van der Waals surface area (Å²) in [6, 6.07) is 3.15. The molecule has 2 amide bonds. The summed E-state index contributed by atoms with van der Waals surface area (Å²) in [6.45, 7) is 0.225. The molecular formula is C13H18N2O6. The molecule has 0 aliphatic carbocycles. The quantitative estimate of drug-likeness (QED) is 0.553. The maximum absolute atomic E-state index is 11.5. The molecule has 1 unspecified atom stereocenters. The molecule has 116 valence electrons. The Morgan fingerprint density at radius 3 is 2.71 bits per heavy atom. The highest BCUT2D eigenvalue weighted by Crippen LogP contribution is 1.99. The topological polar surface area (TPSA) is 118 Å². The normalized spacial score (nSPS) is 11.7. The third kappa shape index (κ3) is 6.09. The molecule has 8 nitrogen and oxygen atoms in total. The number of hydrogen-bond donors (Lipinski definition) is 3. The van der Waals surface area contributed by atoms with E-state index in [0.29, 0.717) is 13.0 Å². The third-order valence-corrected chi connectivity index (χ3v) is 2.66. The van der Waals surface area contributed by atoms with Gasteiger partial charge >= 0.3 is 5.97 Å². The highest BCUT2D eigenvalue weighted by molar-refractivity contribution is 5.91. The summed E-state index contributed by atoms with van der Waals surface area (Å²) in [5.74, 6) is -1.57. The minimum atomic E-state index is -1.14. The summed E-state index contributed by atoms with van der Waals surface area (Å²) < 4.78 is 9.59. The van der Waals surface area contributed by atoms with Crippen LogP contribution < -0.4 is 10.6 Å². The van der Waals surface area contributed by atoms with Gasteiger partial charge in [-0.2, -0.15) is 0 Å². The van der Waals surface area contributed by atoms with Gasteiger partial charge < -0.3 is 24.9 Å². The van der Waals surface area contributed by atoms with Crippen molar-refractivity contribution >= 4 is 17.8 Å². The molecule has 8 heteroatoms. The molecule has 1 rings (SSSR count). The number of hydrogen-bond acceptors (Lipinski definition) is 5. The molecule has 0 aliphatic rings. The molecule has 1 heterocycles. The van der Waals surface area contributed by atoms with Crippen molar-refractivity contribution < 1.29 is 28.6 Å². The number of carboxylic acids is 1. The summed E-state index contributed by atoms with van der Waals surface area (Å²) in [6.07, 6.45) is 0.946. The average molecular weight is 298 g/mol. The molecule has 1 atom stereocenters. The predicted molar refractivity (Wildman–Crippen MR) is 71.7 cm³/mol. The zero-order valence-corrected chi connectivity index (χ0v) is 11.6. The van der Waals surface area contributed by atoms with Gasteiger partial charge in [0, 0.05) is 20.1 Å². The fourth-order valence-corrected chi connectivity index (χ4v) is 1.51. The van der Waals surface area contributed by atoms with Crippen molar-refractivity contribution in [3.05, 3.63) is 24.2 Å². The van der Waals surface area contributed by atoms with Gasteiger partial charge in [-0.1, -0.05) is 0 Å². The lowest BCUT2D eigenvalue weighted by molar-refractivity contribution is -0.148. The number of rotatable bonds is 9. The SMILES string of the molecule is COC(CNC(=O)CCCNC(=O)c1ccco1)C(=O)O. The van der Waals surface area contributed by atoms with E-state index in [0.717, 1.165) is 0 Å². The Kier molecular flexibility index (Phi) is 6.96. The zero-order valence-electron chi connectivity index (χ0n) is 11.6. The highest BCUT2D eigenvalue weighted by atomic mass is 16.5. The van der Waals surface area contributed by atoms with Crippen LogP contribution in [0.3, 0.4) is 0 Å². The van der Waals surface area contributed by atoms with Crippen LogP contribution in [0.5, 0.6) is 0 Å². The summed E-state index contributed by atoms with van der Waals surface area (Å²) in [4.78, 5) is 33.6. The molecule has 1 aromatic heterocycles. The summed E-state index contributed by atoms with van der Waals surface area (Å²) in [5.41, 5.74) is 0. The van der Waals surface area contributed by atoms with Crippen molar-refractivity contribution in [2.45, 2.75) is 18.9 Å². The summed E-state index contributed by atoms with van der Waals surface area (Å²) in [5, 5.41) is 13.8. The number of amides is 2. The first-order chi connectivity index (χ1) is 10.0. The van der Waals surface area contributed by atoms with Gasteiger partial charge in [-0.15, -0.1) is 0 Å². The van der Waals surface area contributed by atoms with E-state index in [1.165, 1.54) is 13.4 Å². The number of nitrogens with one attached hydrogen (secondary N) is 2. The van der Waals surface area contributed by atoms with Gasteiger partial charge in [0.25, 0.3) is 5.91 Å². The zero-order chi connectivity index (χ0) is 15.7. The molecule has 0 spiro atoms. The molecule has 0 bridgehead atoms. The van der Waals surface area contributed by atoms with E-state index in [1.807, 2.05) is 0 Å². The number of carboxylic acid groups (broad SMARTS) is 1. The Morgan fingerprint density at radius 2 is 2.14 bits per heavy atom. The summed E-state index contributed by atoms with van der Waals surface area (Å²) in [7, 11) is 1.26. The first kappa shape index (κ1) is 16.7. The molecule has 0 fully saturated rings. The third-order valence-electron chi connectivity index (χ3n) is 2.66. The van der Waals surface area contributed by atoms with Gasteiger partial charge in [-0.25, -0.2) is 4.79 Å². The molecule has 0 aliphatic heterocycles. The minimum Gasteiger partial charge on any atom is -0.479 e. The van der Waals surface area contributed by atoms with E-state index in [4.69, 9.17) is 9.52 Å². The van der Waals surface area contributed by atoms with E-state index in [9.17, 15) is 14.4 Å². The monoisotopic (exact) mass is 298 g/mol. The second-order valence-electron chi connectivity index (χ2n) is 4.20. The number of methoxy groups -OCH3 is 1. The van der Waals surface area contributed by atoms with Crippen LogP contribution in [-0.2, 0) is 14.3 Å². The Hall–Kier alpha value is -2.35. The maximum atomic E-state index is 11.5. The van der Waals surface area contributed by atoms with E-state index in [1.54, 1.807) is 12.1 Å². The average Bonchev–Trinajstić information content (AvgIpc) is 2.97. The molecule has 0 radical (unpaired) electrons.